The van der Waals surface area contributed by atoms with Gasteiger partial charge in [0, 0.05) is 15.6 Å². The number of fused-ring (bicyclic) bond motifs is 4. The minimum atomic E-state index is 0.246. The van der Waals surface area contributed by atoms with Gasteiger partial charge in [-0.15, -0.1) is 11.3 Å². The fourth-order valence-electron chi connectivity index (χ4n) is 4.63. The minimum absolute atomic E-state index is 0.246. The van der Waals surface area contributed by atoms with E-state index in [1.807, 2.05) is 12.1 Å². The summed E-state index contributed by atoms with van der Waals surface area (Å²) in [6.45, 7) is 11.2. The van der Waals surface area contributed by atoms with Gasteiger partial charge in [0.05, 0.1) is 27.5 Å². The molecule has 0 bridgehead atoms. The van der Waals surface area contributed by atoms with Crippen LogP contribution in [0.25, 0.3) is 42.3 Å². The lowest BCUT2D eigenvalue weighted by molar-refractivity contribution is 0.411. The van der Waals surface area contributed by atoms with Gasteiger partial charge in [-0.2, -0.15) is 5.26 Å². The highest BCUT2D eigenvalue weighted by molar-refractivity contribution is 7.26. The molecule has 0 fully saturated rings. The zero-order valence-corrected chi connectivity index (χ0v) is 20.5. The van der Waals surface area contributed by atoms with Gasteiger partial charge in [-0.3, -0.25) is 0 Å². The van der Waals surface area contributed by atoms with E-state index in [-0.39, 0.29) is 5.41 Å². The molecule has 0 aliphatic rings. The highest BCUT2D eigenvalue weighted by Crippen LogP contribution is 2.40. The molecule has 0 spiro atoms. The molecule has 164 valence electrons. The van der Waals surface area contributed by atoms with Crippen molar-refractivity contribution in [2.45, 2.75) is 47.0 Å². The highest BCUT2D eigenvalue weighted by Gasteiger charge is 2.17. The second-order valence-corrected chi connectivity index (χ2v) is 11.4. The van der Waals surface area contributed by atoms with E-state index in [2.05, 4.69) is 82.1 Å². The van der Waals surface area contributed by atoms with E-state index < -0.39 is 0 Å². The molecule has 3 aromatic carbocycles. The fraction of sp³-hybridized carbons (Fsp3) is 0.276. The van der Waals surface area contributed by atoms with Crippen LogP contribution in [0, 0.1) is 16.7 Å². The first-order chi connectivity index (χ1) is 15.7. The third kappa shape index (κ3) is 3.98. The van der Waals surface area contributed by atoms with E-state index in [1.54, 1.807) is 17.7 Å². The molecule has 0 N–H and O–H groups in total. The average molecular weight is 450 g/mol. The lowest BCUT2D eigenvalue weighted by atomic mass is 9.88. The zero-order chi connectivity index (χ0) is 23.3. The third-order valence-electron chi connectivity index (χ3n) is 6.06. The number of benzene rings is 3. The Kier molecular flexibility index (Phi) is 5.18. The van der Waals surface area contributed by atoms with Crippen molar-refractivity contribution < 1.29 is 0 Å². The Morgan fingerprint density at radius 3 is 2.48 bits per heavy atom. The molecule has 0 atom stereocenters. The summed E-state index contributed by atoms with van der Waals surface area (Å²) in [7, 11) is 0. The Labute approximate surface area is 198 Å². The van der Waals surface area contributed by atoms with Crippen LogP contribution in [0.3, 0.4) is 0 Å². The van der Waals surface area contributed by atoms with E-state index in [0.717, 1.165) is 33.3 Å². The molecule has 0 saturated heterocycles. The lowest BCUT2D eigenvalue weighted by Gasteiger charge is -2.17. The Hall–Kier alpha value is -3.29. The second-order valence-electron chi connectivity index (χ2n) is 10.3. The van der Waals surface area contributed by atoms with Crippen molar-refractivity contribution in [2.75, 3.05) is 0 Å². The standard InChI is InChI=1S/C29H27N3S/c1-17(2)24-13-21(12-20-10-19(15-30)7-8-22(20)24)26-28-27(32-16-31-26)23-9-6-18(11-25(23)33-28)14-29(3,4)5/h6-13,16-17H,14H2,1-5H3. The van der Waals surface area contributed by atoms with Crippen LogP contribution in [0.5, 0.6) is 0 Å². The predicted molar refractivity (Wildman–Crippen MR) is 140 cm³/mol. The summed E-state index contributed by atoms with van der Waals surface area (Å²) >= 11 is 1.77. The normalized spacial score (nSPS) is 12.2. The molecule has 5 rings (SSSR count). The first-order valence-electron chi connectivity index (χ1n) is 11.4. The van der Waals surface area contributed by atoms with Crippen LogP contribution in [0.1, 0.15) is 57.2 Å². The van der Waals surface area contributed by atoms with Crippen molar-refractivity contribution in [3.8, 4) is 17.3 Å². The number of aromatic nitrogens is 2. The number of nitrogens with zero attached hydrogens (tertiary/aromatic N) is 3. The maximum absolute atomic E-state index is 9.41. The topological polar surface area (TPSA) is 49.6 Å². The number of rotatable bonds is 3. The molecule has 0 saturated carbocycles. The van der Waals surface area contributed by atoms with Crippen molar-refractivity contribution in [1.29, 1.82) is 5.26 Å². The van der Waals surface area contributed by atoms with Crippen LogP contribution < -0.4 is 0 Å². The summed E-state index contributed by atoms with van der Waals surface area (Å²) in [5.41, 5.74) is 6.60. The summed E-state index contributed by atoms with van der Waals surface area (Å²) in [6.07, 6.45) is 2.72. The van der Waals surface area contributed by atoms with E-state index >= 15 is 0 Å². The monoisotopic (exact) mass is 449 g/mol. The highest BCUT2D eigenvalue weighted by atomic mass is 32.1. The van der Waals surface area contributed by atoms with Crippen molar-refractivity contribution in [3.05, 3.63) is 71.5 Å². The fourth-order valence-corrected chi connectivity index (χ4v) is 5.86. The van der Waals surface area contributed by atoms with Gasteiger partial charge < -0.3 is 0 Å². The first kappa shape index (κ1) is 21.6. The van der Waals surface area contributed by atoms with Gasteiger partial charge in [-0.25, -0.2) is 9.97 Å². The number of hydrogen-bond donors (Lipinski definition) is 0. The van der Waals surface area contributed by atoms with Crippen molar-refractivity contribution in [1.82, 2.24) is 9.97 Å². The molecule has 33 heavy (non-hydrogen) atoms. The smallest absolute Gasteiger partial charge is 0.116 e. The molecular weight excluding hydrogens is 422 g/mol. The van der Waals surface area contributed by atoms with Crippen LogP contribution in [-0.2, 0) is 6.42 Å². The van der Waals surface area contributed by atoms with E-state index in [0.29, 0.717) is 11.5 Å². The molecular formula is C29H27N3S. The minimum Gasteiger partial charge on any atom is -0.235 e. The molecule has 0 amide bonds. The van der Waals surface area contributed by atoms with Crippen LogP contribution >= 0.6 is 11.3 Å². The molecule has 4 heteroatoms. The quantitative estimate of drug-likeness (QED) is 0.278. The van der Waals surface area contributed by atoms with Gasteiger partial charge in [0.25, 0.3) is 0 Å². The number of nitriles is 1. The molecule has 0 aliphatic carbocycles. The Morgan fingerprint density at radius 2 is 1.76 bits per heavy atom. The molecule has 3 nitrogen and oxygen atoms in total. The zero-order valence-electron chi connectivity index (χ0n) is 19.7. The van der Waals surface area contributed by atoms with Crippen molar-refractivity contribution in [3.63, 3.8) is 0 Å². The maximum atomic E-state index is 9.41. The van der Waals surface area contributed by atoms with Crippen LogP contribution in [0.4, 0.5) is 0 Å². The second kappa shape index (κ2) is 7.93. The molecule has 5 aromatic rings. The number of thiophene rings is 1. The van der Waals surface area contributed by atoms with Crippen molar-refractivity contribution in [2.24, 2.45) is 5.41 Å². The van der Waals surface area contributed by atoms with Crippen LogP contribution in [0.2, 0.25) is 0 Å². The summed E-state index contributed by atoms with van der Waals surface area (Å²) < 4.78 is 2.37. The van der Waals surface area contributed by atoms with Gasteiger partial charge in [0.1, 0.15) is 6.33 Å². The molecule has 0 radical (unpaired) electrons. The molecule has 2 aromatic heterocycles. The molecule has 0 unspecified atom stereocenters. The molecule has 2 heterocycles. The molecule has 0 aliphatic heterocycles. The summed E-state index contributed by atoms with van der Waals surface area (Å²) in [5.74, 6) is 0.361. The summed E-state index contributed by atoms with van der Waals surface area (Å²) in [4.78, 5) is 9.40. The Balaban J connectivity index is 1.74. The van der Waals surface area contributed by atoms with Gasteiger partial charge in [-0.05, 0) is 70.0 Å². The van der Waals surface area contributed by atoms with Crippen molar-refractivity contribution >= 4 is 42.4 Å². The van der Waals surface area contributed by atoms with E-state index in [9.17, 15) is 5.26 Å². The predicted octanol–water partition coefficient (Wildman–Crippen LogP) is 8.25. The maximum Gasteiger partial charge on any atom is 0.116 e. The largest absolute Gasteiger partial charge is 0.235 e. The van der Waals surface area contributed by atoms with E-state index in [4.69, 9.17) is 4.98 Å². The van der Waals surface area contributed by atoms with E-state index in [1.165, 1.54) is 26.6 Å². The summed E-state index contributed by atoms with van der Waals surface area (Å²) in [5, 5.41) is 12.9. The Morgan fingerprint density at radius 1 is 0.970 bits per heavy atom. The van der Waals surface area contributed by atoms with Crippen LogP contribution in [-0.4, -0.2) is 9.97 Å². The van der Waals surface area contributed by atoms with Gasteiger partial charge >= 0.3 is 0 Å². The van der Waals surface area contributed by atoms with Crippen LogP contribution in [0.15, 0.2) is 54.9 Å². The van der Waals surface area contributed by atoms with Gasteiger partial charge in [0.2, 0.25) is 0 Å². The lowest BCUT2D eigenvalue weighted by Crippen LogP contribution is -2.08. The first-order valence-corrected chi connectivity index (χ1v) is 12.2. The third-order valence-corrected chi connectivity index (χ3v) is 7.21. The van der Waals surface area contributed by atoms with Gasteiger partial charge in [-0.1, -0.05) is 52.8 Å². The average Bonchev–Trinajstić information content (AvgIpc) is 3.14. The summed E-state index contributed by atoms with van der Waals surface area (Å²) in [6, 6.07) is 19.4. The van der Waals surface area contributed by atoms with Gasteiger partial charge in [0.15, 0.2) is 0 Å². The Bertz CT molecular complexity index is 1560. The number of hydrogen-bond acceptors (Lipinski definition) is 4. The SMILES string of the molecule is CC(C)c1cc(-c2ncnc3c2sc2cc(CC(C)(C)C)ccc23)cc2cc(C#N)ccc12.